The lowest BCUT2D eigenvalue weighted by Gasteiger charge is -1.94. The van der Waals surface area contributed by atoms with E-state index in [0.717, 1.165) is 16.9 Å². The van der Waals surface area contributed by atoms with Gasteiger partial charge in [-0.05, 0) is 15.9 Å². The summed E-state index contributed by atoms with van der Waals surface area (Å²) in [5.74, 6) is -0.0559. The third kappa shape index (κ3) is 1.65. The summed E-state index contributed by atoms with van der Waals surface area (Å²) < 4.78 is 15.0. The molecule has 0 saturated carbocycles. The van der Waals surface area contributed by atoms with Crippen molar-refractivity contribution in [1.29, 1.82) is 0 Å². The van der Waals surface area contributed by atoms with Crippen LogP contribution in [0, 0.1) is 5.82 Å². The summed E-state index contributed by atoms with van der Waals surface area (Å²) in [5, 5.41) is 4.13. The van der Waals surface area contributed by atoms with E-state index in [1.807, 2.05) is 0 Å². The maximum atomic E-state index is 12.5. The van der Waals surface area contributed by atoms with Crippen molar-refractivity contribution >= 4 is 15.9 Å². The van der Waals surface area contributed by atoms with E-state index in [1.54, 1.807) is 17.9 Å². The van der Waals surface area contributed by atoms with Crippen molar-refractivity contribution in [3.63, 3.8) is 0 Å². The van der Waals surface area contributed by atoms with Gasteiger partial charge in [-0.15, -0.1) is 0 Å². The van der Waals surface area contributed by atoms with Crippen LogP contribution in [0.2, 0.25) is 0 Å². The quantitative estimate of drug-likeness (QED) is 0.782. The van der Waals surface area contributed by atoms with Crippen LogP contribution in [0.1, 0.15) is 0 Å². The average molecular weight is 257 g/mol. The Morgan fingerprint density at radius 1 is 1.36 bits per heavy atom. The molecule has 2 rings (SSSR count). The molecule has 0 atom stereocenters. The fraction of sp³-hybridized carbons (Fsp3) is 0.125. The molecule has 2 aromatic heterocycles. The highest BCUT2D eigenvalue weighted by atomic mass is 79.9. The van der Waals surface area contributed by atoms with E-state index in [2.05, 4.69) is 31.0 Å². The molecular formula is C8H6BrFN4. The number of halogens is 2. The molecule has 0 aliphatic heterocycles. The number of nitrogens with zero attached hydrogens (tertiary/aromatic N) is 4. The Morgan fingerprint density at radius 2 is 2.00 bits per heavy atom. The lowest BCUT2D eigenvalue weighted by atomic mass is 10.4. The second kappa shape index (κ2) is 3.45. The molecule has 0 aliphatic rings. The molecule has 2 aromatic rings. The molecule has 0 saturated heterocycles. The fourth-order valence-corrected chi connectivity index (χ4v) is 1.60. The van der Waals surface area contributed by atoms with E-state index < -0.39 is 5.82 Å². The van der Waals surface area contributed by atoms with Gasteiger partial charge in [0.1, 0.15) is 5.69 Å². The van der Waals surface area contributed by atoms with E-state index in [0.29, 0.717) is 11.5 Å². The van der Waals surface area contributed by atoms with Crippen LogP contribution >= 0.6 is 15.9 Å². The molecule has 0 aliphatic carbocycles. The smallest absolute Gasteiger partial charge is 0.181 e. The first kappa shape index (κ1) is 9.26. The van der Waals surface area contributed by atoms with Gasteiger partial charge in [0, 0.05) is 13.2 Å². The predicted molar refractivity (Wildman–Crippen MR) is 51.9 cm³/mol. The van der Waals surface area contributed by atoms with Crippen LogP contribution in [0.5, 0.6) is 0 Å². The van der Waals surface area contributed by atoms with Crippen LogP contribution in [0.15, 0.2) is 23.1 Å². The van der Waals surface area contributed by atoms with Crippen LogP contribution in [-0.4, -0.2) is 19.7 Å². The molecule has 0 amide bonds. The molecule has 0 radical (unpaired) electrons. The summed E-state index contributed by atoms with van der Waals surface area (Å²) in [5.41, 5.74) is 0.604. The summed E-state index contributed by atoms with van der Waals surface area (Å²) >= 11 is 3.32. The largest absolute Gasteiger partial charge is 0.274 e. The zero-order chi connectivity index (χ0) is 10.1. The van der Waals surface area contributed by atoms with Gasteiger partial charge in [-0.1, -0.05) is 0 Å². The Kier molecular flexibility index (Phi) is 2.28. The standard InChI is InChI=1S/C8H6BrFN4/c1-14-4-6(9)7(13-14)8-11-2-5(10)3-12-8/h2-4H,1H3. The van der Waals surface area contributed by atoms with Gasteiger partial charge >= 0.3 is 0 Å². The zero-order valence-corrected chi connectivity index (χ0v) is 8.86. The van der Waals surface area contributed by atoms with Crippen LogP contribution in [0.3, 0.4) is 0 Å². The molecule has 72 valence electrons. The van der Waals surface area contributed by atoms with Gasteiger partial charge in [0.25, 0.3) is 0 Å². The highest BCUT2D eigenvalue weighted by Gasteiger charge is 2.10. The maximum absolute atomic E-state index is 12.5. The first-order chi connectivity index (χ1) is 6.66. The predicted octanol–water partition coefficient (Wildman–Crippen LogP) is 1.78. The SMILES string of the molecule is Cn1cc(Br)c(-c2ncc(F)cn2)n1. The Morgan fingerprint density at radius 3 is 2.50 bits per heavy atom. The van der Waals surface area contributed by atoms with Crippen molar-refractivity contribution in [2.45, 2.75) is 0 Å². The third-order valence-electron chi connectivity index (χ3n) is 1.62. The molecule has 2 heterocycles. The van der Waals surface area contributed by atoms with E-state index in [9.17, 15) is 4.39 Å². The molecular weight excluding hydrogens is 251 g/mol. The number of aryl methyl sites for hydroxylation is 1. The maximum Gasteiger partial charge on any atom is 0.181 e. The second-order valence-electron chi connectivity index (χ2n) is 2.72. The van der Waals surface area contributed by atoms with E-state index in [1.165, 1.54) is 0 Å². The van der Waals surface area contributed by atoms with Crippen molar-refractivity contribution in [3.8, 4) is 11.5 Å². The van der Waals surface area contributed by atoms with Crippen molar-refractivity contribution in [2.24, 2.45) is 7.05 Å². The van der Waals surface area contributed by atoms with Crippen LogP contribution in [-0.2, 0) is 7.05 Å². The van der Waals surface area contributed by atoms with Gasteiger partial charge < -0.3 is 0 Å². The van der Waals surface area contributed by atoms with Crippen LogP contribution in [0.4, 0.5) is 4.39 Å². The Bertz CT molecular complexity index is 451. The van der Waals surface area contributed by atoms with Gasteiger partial charge in [0.2, 0.25) is 0 Å². The van der Waals surface area contributed by atoms with Crippen LogP contribution < -0.4 is 0 Å². The second-order valence-corrected chi connectivity index (χ2v) is 3.58. The molecule has 4 nitrogen and oxygen atoms in total. The minimum Gasteiger partial charge on any atom is -0.274 e. The lowest BCUT2D eigenvalue weighted by Crippen LogP contribution is -1.93. The molecule has 14 heavy (non-hydrogen) atoms. The first-order valence-electron chi connectivity index (χ1n) is 3.84. The van der Waals surface area contributed by atoms with E-state index >= 15 is 0 Å². The monoisotopic (exact) mass is 256 g/mol. The van der Waals surface area contributed by atoms with Crippen molar-refractivity contribution in [2.75, 3.05) is 0 Å². The summed E-state index contributed by atoms with van der Waals surface area (Å²) in [6.07, 6.45) is 4.01. The van der Waals surface area contributed by atoms with Gasteiger partial charge in [-0.3, -0.25) is 4.68 Å². The average Bonchev–Trinajstić information content (AvgIpc) is 2.47. The Hall–Kier alpha value is -1.30. The normalized spacial score (nSPS) is 10.5. The molecule has 6 heteroatoms. The van der Waals surface area contributed by atoms with Gasteiger partial charge in [0.15, 0.2) is 11.6 Å². The molecule has 0 fully saturated rings. The third-order valence-corrected chi connectivity index (χ3v) is 2.20. The molecule has 0 N–H and O–H groups in total. The van der Waals surface area contributed by atoms with Crippen molar-refractivity contribution < 1.29 is 4.39 Å². The van der Waals surface area contributed by atoms with E-state index in [4.69, 9.17) is 0 Å². The van der Waals surface area contributed by atoms with Crippen molar-refractivity contribution in [1.82, 2.24) is 19.7 Å². The van der Waals surface area contributed by atoms with Gasteiger partial charge in [0.05, 0.1) is 16.9 Å². The highest BCUT2D eigenvalue weighted by Crippen LogP contribution is 2.22. The lowest BCUT2D eigenvalue weighted by molar-refractivity contribution is 0.614. The fourth-order valence-electron chi connectivity index (χ4n) is 1.05. The molecule has 0 spiro atoms. The minimum atomic E-state index is -0.458. The van der Waals surface area contributed by atoms with Gasteiger partial charge in [-0.25, -0.2) is 14.4 Å². The zero-order valence-electron chi connectivity index (χ0n) is 7.28. The molecule has 0 aromatic carbocycles. The summed E-state index contributed by atoms with van der Waals surface area (Å²) in [4.78, 5) is 7.66. The van der Waals surface area contributed by atoms with Gasteiger partial charge in [-0.2, -0.15) is 5.10 Å². The first-order valence-corrected chi connectivity index (χ1v) is 4.63. The van der Waals surface area contributed by atoms with E-state index in [-0.39, 0.29) is 0 Å². The topological polar surface area (TPSA) is 43.6 Å². The number of hydrogen-bond acceptors (Lipinski definition) is 3. The Labute approximate surface area is 87.9 Å². The molecule has 0 unspecified atom stereocenters. The minimum absolute atomic E-state index is 0.402. The summed E-state index contributed by atoms with van der Waals surface area (Å²) in [6.45, 7) is 0. The Balaban J connectivity index is 2.49. The number of hydrogen-bond donors (Lipinski definition) is 0. The van der Waals surface area contributed by atoms with Crippen molar-refractivity contribution in [3.05, 3.63) is 28.9 Å². The number of rotatable bonds is 1. The highest BCUT2D eigenvalue weighted by molar-refractivity contribution is 9.10. The summed E-state index contributed by atoms with van der Waals surface area (Å²) in [6, 6.07) is 0. The van der Waals surface area contributed by atoms with Crippen LogP contribution in [0.25, 0.3) is 11.5 Å². The summed E-state index contributed by atoms with van der Waals surface area (Å²) in [7, 11) is 1.79. The molecule has 0 bridgehead atoms. The number of aromatic nitrogens is 4.